The van der Waals surface area contributed by atoms with Crippen LogP contribution >= 0.6 is 0 Å². The lowest BCUT2D eigenvalue weighted by atomic mass is 9.92. The van der Waals surface area contributed by atoms with Gasteiger partial charge < -0.3 is 20.5 Å². The van der Waals surface area contributed by atoms with Crippen molar-refractivity contribution in [2.75, 3.05) is 30.7 Å². The first-order valence-electron chi connectivity index (χ1n) is 13.4. The van der Waals surface area contributed by atoms with Crippen LogP contribution in [-0.2, 0) is 33.9 Å². The van der Waals surface area contributed by atoms with E-state index in [4.69, 9.17) is 0 Å². The molecule has 0 bridgehead atoms. The average Bonchev–Trinajstić information content (AvgIpc) is 3.35. The molecule has 194 valence electrons. The molecule has 1 saturated heterocycles. The number of carbonyl (C=O) groups excluding carboxylic acids is 1. The van der Waals surface area contributed by atoms with Crippen molar-refractivity contribution in [3.05, 3.63) is 46.3 Å². The van der Waals surface area contributed by atoms with Crippen LogP contribution in [0, 0.1) is 0 Å². The number of aromatic amines is 1. The summed E-state index contributed by atoms with van der Waals surface area (Å²) >= 11 is 0. The minimum atomic E-state index is -3.36. The molecule has 0 spiro atoms. The van der Waals surface area contributed by atoms with E-state index in [0.717, 1.165) is 51.0 Å². The van der Waals surface area contributed by atoms with E-state index >= 15 is 0 Å². The van der Waals surface area contributed by atoms with Gasteiger partial charge in [0.05, 0.1) is 16.2 Å². The SMILES string of the molecule is CCS(=O)(=O)c1ccc2c(c1)C(=Cc1[nH]c3c(c1CCCN1CC(C)NC(C)C1)CCCC3)C(=O)N2. The summed E-state index contributed by atoms with van der Waals surface area (Å²) in [5.74, 6) is -0.150. The molecule has 0 radical (unpaired) electrons. The summed E-state index contributed by atoms with van der Waals surface area (Å²) in [5, 5.41) is 6.51. The lowest BCUT2D eigenvalue weighted by molar-refractivity contribution is -0.110. The second-order valence-electron chi connectivity index (χ2n) is 10.6. The minimum absolute atomic E-state index is 0.0321. The Labute approximate surface area is 214 Å². The third-order valence-corrected chi connectivity index (χ3v) is 9.51. The maximum Gasteiger partial charge on any atom is 0.256 e. The van der Waals surface area contributed by atoms with Gasteiger partial charge in [0, 0.05) is 47.8 Å². The van der Waals surface area contributed by atoms with Crippen LogP contribution < -0.4 is 10.6 Å². The molecule has 36 heavy (non-hydrogen) atoms. The number of fused-ring (bicyclic) bond motifs is 2. The number of aromatic nitrogens is 1. The van der Waals surface area contributed by atoms with Crippen molar-refractivity contribution in [3.63, 3.8) is 0 Å². The number of sulfone groups is 1. The molecule has 2 aromatic rings. The number of piperazine rings is 1. The summed E-state index contributed by atoms with van der Waals surface area (Å²) in [5.41, 5.74) is 6.92. The van der Waals surface area contributed by atoms with Crippen molar-refractivity contribution in [3.8, 4) is 0 Å². The molecular formula is C28H38N4O3S. The number of aryl methyl sites for hydroxylation is 1. The van der Waals surface area contributed by atoms with Gasteiger partial charge in [-0.3, -0.25) is 4.79 Å². The van der Waals surface area contributed by atoms with Gasteiger partial charge in [-0.2, -0.15) is 0 Å². The van der Waals surface area contributed by atoms with Gasteiger partial charge in [0.1, 0.15) is 0 Å². The molecule has 5 rings (SSSR count). The highest BCUT2D eigenvalue weighted by Crippen LogP contribution is 2.37. The van der Waals surface area contributed by atoms with E-state index in [1.54, 1.807) is 25.1 Å². The number of nitrogens with one attached hydrogen (secondary N) is 3. The van der Waals surface area contributed by atoms with Crippen molar-refractivity contribution in [1.29, 1.82) is 0 Å². The number of benzene rings is 1. The molecule has 2 atom stereocenters. The first-order valence-corrected chi connectivity index (χ1v) is 15.0. The van der Waals surface area contributed by atoms with Crippen LogP contribution in [-0.4, -0.2) is 61.7 Å². The van der Waals surface area contributed by atoms with Crippen molar-refractivity contribution in [2.45, 2.75) is 76.3 Å². The fourth-order valence-corrected chi connectivity index (χ4v) is 7.01. The van der Waals surface area contributed by atoms with Gasteiger partial charge in [0.25, 0.3) is 5.91 Å². The highest BCUT2D eigenvalue weighted by molar-refractivity contribution is 7.91. The average molecular weight is 511 g/mol. The number of rotatable bonds is 7. The van der Waals surface area contributed by atoms with E-state index in [9.17, 15) is 13.2 Å². The Morgan fingerprint density at radius 1 is 1.11 bits per heavy atom. The van der Waals surface area contributed by atoms with Gasteiger partial charge in [0.2, 0.25) is 0 Å². The molecule has 3 N–H and O–H groups in total. The van der Waals surface area contributed by atoms with Crippen molar-refractivity contribution < 1.29 is 13.2 Å². The summed E-state index contributed by atoms with van der Waals surface area (Å²) in [6, 6.07) is 5.95. The van der Waals surface area contributed by atoms with Crippen LogP contribution in [0.3, 0.4) is 0 Å². The van der Waals surface area contributed by atoms with E-state index in [2.05, 4.69) is 34.4 Å². The summed E-state index contributed by atoms with van der Waals surface area (Å²) in [6.07, 6.45) is 8.49. The van der Waals surface area contributed by atoms with Crippen molar-refractivity contribution in [2.24, 2.45) is 0 Å². The number of hydrogen-bond donors (Lipinski definition) is 3. The van der Waals surface area contributed by atoms with Crippen LogP contribution in [0.25, 0.3) is 11.6 Å². The Bertz CT molecular complexity index is 1280. The van der Waals surface area contributed by atoms with E-state index in [1.165, 1.54) is 29.7 Å². The Hall–Kier alpha value is -2.42. The molecular weight excluding hydrogens is 472 g/mol. The van der Waals surface area contributed by atoms with Gasteiger partial charge in [-0.05, 0) is 94.3 Å². The molecule has 1 aromatic heterocycles. The molecule has 1 aromatic carbocycles. The standard InChI is InChI=1S/C28H38N4O3S/c1-4-36(34,35)20-11-12-26-23(14-20)24(28(33)31-26)15-27-22(21-8-5-6-10-25(21)30-27)9-7-13-32-16-18(2)29-19(3)17-32/h11-12,14-15,18-19,29-30H,4-10,13,16-17H2,1-3H3,(H,31,33). The van der Waals surface area contributed by atoms with Crippen LogP contribution in [0.2, 0.25) is 0 Å². The van der Waals surface area contributed by atoms with Gasteiger partial charge in [-0.1, -0.05) is 6.92 Å². The topological polar surface area (TPSA) is 94.3 Å². The quantitative estimate of drug-likeness (QED) is 0.493. The third kappa shape index (κ3) is 5.04. The summed E-state index contributed by atoms with van der Waals surface area (Å²) in [7, 11) is -3.36. The second-order valence-corrected chi connectivity index (χ2v) is 12.9. The zero-order valence-electron chi connectivity index (χ0n) is 21.6. The van der Waals surface area contributed by atoms with Crippen molar-refractivity contribution >= 4 is 33.1 Å². The highest BCUT2D eigenvalue weighted by atomic mass is 32.2. The molecule has 0 saturated carbocycles. The normalized spacial score (nSPS) is 23.5. The minimum Gasteiger partial charge on any atom is -0.358 e. The van der Waals surface area contributed by atoms with Gasteiger partial charge >= 0.3 is 0 Å². The van der Waals surface area contributed by atoms with E-state index in [-0.39, 0.29) is 16.6 Å². The first-order chi connectivity index (χ1) is 17.2. The van der Waals surface area contributed by atoms with Gasteiger partial charge in [-0.25, -0.2) is 8.42 Å². The number of hydrogen-bond acceptors (Lipinski definition) is 5. The fourth-order valence-electron chi connectivity index (χ4n) is 6.10. The highest BCUT2D eigenvalue weighted by Gasteiger charge is 2.28. The summed E-state index contributed by atoms with van der Waals surface area (Å²) < 4.78 is 25.0. The fraction of sp³-hybridized carbons (Fsp3) is 0.536. The summed E-state index contributed by atoms with van der Waals surface area (Å²) in [6.45, 7) is 9.35. The maximum absolute atomic E-state index is 12.9. The Morgan fingerprint density at radius 3 is 2.61 bits per heavy atom. The first kappa shape index (κ1) is 25.2. The van der Waals surface area contributed by atoms with Crippen LogP contribution in [0.15, 0.2) is 23.1 Å². The molecule has 1 amide bonds. The molecule has 3 aliphatic rings. The molecule has 8 heteroatoms. The van der Waals surface area contributed by atoms with E-state index < -0.39 is 9.84 Å². The number of carbonyl (C=O) groups is 1. The molecule has 1 aliphatic carbocycles. The number of H-pyrrole nitrogens is 1. The zero-order valence-corrected chi connectivity index (χ0v) is 22.4. The lowest BCUT2D eigenvalue weighted by Gasteiger charge is -2.36. The monoisotopic (exact) mass is 510 g/mol. The Balaban J connectivity index is 1.44. The van der Waals surface area contributed by atoms with Crippen LogP contribution in [0.1, 0.15) is 68.1 Å². The Morgan fingerprint density at radius 2 is 1.86 bits per heavy atom. The molecule has 3 heterocycles. The number of amides is 1. The largest absolute Gasteiger partial charge is 0.358 e. The van der Waals surface area contributed by atoms with Gasteiger partial charge in [-0.15, -0.1) is 0 Å². The van der Waals surface area contributed by atoms with E-state index in [1.807, 2.05) is 6.08 Å². The zero-order chi connectivity index (χ0) is 25.4. The van der Waals surface area contributed by atoms with Gasteiger partial charge in [0.15, 0.2) is 9.84 Å². The molecule has 7 nitrogen and oxygen atoms in total. The lowest BCUT2D eigenvalue weighted by Crippen LogP contribution is -2.54. The maximum atomic E-state index is 12.9. The molecule has 2 aliphatic heterocycles. The third-order valence-electron chi connectivity index (χ3n) is 7.78. The number of nitrogens with zero attached hydrogens (tertiary/aromatic N) is 1. The predicted octanol–water partition coefficient (Wildman–Crippen LogP) is 3.79. The van der Waals surface area contributed by atoms with E-state index in [0.29, 0.717) is 28.9 Å². The summed E-state index contributed by atoms with van der Waals surface area (Å²) in [4.78, 5) is 19.4. The van der Waals surface area contributed by atoms with Crippen LogP contribution in [0.5, 0.6) is 0 Å². The second kappa shape index (κ2) is 10.1. The van der Waals surface area contributed by atoms with Crippen molar-refractivity contribution in [1.82, 2.24) is 15.2 Å². The predicted molar refractivity (Wildman–Crippen MR) is 145 cm³/mol. The Kier molecular flexibility index (Phi) is 7.12. The number of anilines is 1. The molecule has 1 fully saturated rings. The molecule has 2 unspecified atom stereocenters. The van der Waals surface area contributed by atoms with Crippen LogP contribution in [0.4, 0.5) is 5.69 Å². The smallest absolute Gasteiger partial charge is 0.256 e.